The first-order chi connectivity index (χ1) is 12.5. The van der Waals surface area contributed by atoms with Crippen LogP contribution in [0.4, 0.5) is 0 Å². The number of carbonyl (C=O) groups is 2. The number of fused-ring (bicyclic) bond motifs is 1. The Labute approximate surface area is 153 Å². The average Bonchev–Trinajstić information content (AvgIpc) is 2.92. The van der Waals surface area contributed by atoms with Crippen molar-refractivity contribution in [3.8, 4) is 5.75 Å². The number of rotatable bonds is 5. The van der Waals surface area contributed by atoms with Crippen molar-refractivity contribution in [2.24, 2.45) is 5.92 Å². The van der Waals surface area contributed by atoms with Crippen LogP contribution in [-0.2, 0) is 11.3 Å². The summed E-state index contributed by atoms with van der Waals surface area (Å²) in [5.41, 5.74) is 2.61. The molecular weight excluding hydrogens is 332 g/mol. The number of hydrogen-bond acceptors (Lipinski definition) is 3. The van der Waals surface area contributed by atoms with Crippen LogP contribution in [-0.4, -0.2) is 46.6 Å². The van der Waals surface area contributed by atoms with E-state index in [4.69, 9.17) is 4.74 Å². The molecule has 6 nitrogen and oxygen atoms in total. The minimum absolute atomic E-state index is 0.0819. The lowest BCUT2D eigenvalue weighted by molar-refractivity contribution is -0.143. The van der Waals surface area contributed by atoms with Gasteiger partial charge in [-0.2, -0.15) is 0 Å². The van der Waals surface area contributed by atoms with Gasteiger partial charge in [0, 0.05) is 36.2 Å². The van der Waals surface area contributed by atoms with Crippen LogP contribution in [0.3, 0.4) is 0 Å². The molecule has 1 saturated heterocycles. The molecule has 1 fully saturated rings. The molecule has 1 aromatic carbocycles. The normalized spacial score (nSPS) is 17.5. The van der Waals surface area contributed by atoms with Gasteiger partial charge in [-0.15, -0.1) is 0 Å². The van der Waals surface area contributed by atoms with E-state index >= 15 is 0 Å². The third kappa shape index (κ3) is 3.16. The molecule has 1 aliphatic heterocycles. The number of hydrogen-bond donors (Lipinski definition) is 1. The predicted octanol–water partition coefficient (Wildman–Crippen LogP) is 3.31. The molecular formula is C20H26N2O4. The van der Waals surface area contributed by atoms with Gasteiger partial charge in [-0.1, -0.05) is 6.92 Å². The van der Waals surface area contributed by atoms with Gasteiger partial charge in [0.1, 0.15) is 5.75 Å². The molecule has 0 aliphatic carbocycles. The third-order valence-corrected chi connectivity index (χ3v) is 5.25. The van der Waals surface area contributed by atoms with Gasteiger partial charge in [-0.3, -0.25) is 9.59 Å². The van der Waals surface area contributed by atoms with Gasteiger partial charge in [0.25, 0.3) is 5.91 Å². The summed E-state index contributed by atoms with van der Waals surface area (Å²) in [6.45, 7) is 5.79. The zero-order chi connectivity index (χ0) is 18.8. The Balaban J connectivity index is 2.06. The van der Waals surface area contributed by atoms with Gasteiger partial charge in [0.05, 0.1) is 18.6 Å². The average molecular weight is 358 g/mol. The second-order valence-corrected chi connectivity index (χ2v) is 6.92. The smallest absolute Gasteiger partial charge is 0.308 e. The van der Waals surface area contributed by atoms with Gasteiger partial charge in [-0.25, -0.2) is 0 Å². The number of methoxy groups -OCH3 is 1. The maximum absolute atomic E-state index is 13.3. The molecule has 6 heteroatoms. The minimum atomic E-state index is -0.825. The number of carboxylic acid groups (broad SMARTS) is 1. The van der Waals surface area contributed by atoms with Crippen molar-refractivity contribution < 1.29 is 19.4 Å². The zero-order valence-corrected chi connectivity index (χ0v) is 15.6. The van der Waals surface area contributed by atoms with E-state index in [1.54, 1.807) is 12.0 Å². The first-order valence-corrected chi connectivity index (χ1v) is 9.16. The summed E-state index contributed by atoms with van der Waals surface area (Å²) >= 11 is 0. The number of piperidine rings is 1. The molecule has 0 spiro atoms. The Hall–Kier alpha value is -2.50. The molecule has 3 rings (SSSR count). The first-order valence-electron chi connectivity index (χ1n) is 9.16. The molecule has 1 N–H and O–H groups in total. The van der Waals surface area contributed by atoms with Crippen molar-refractivity contribution in [3.05, 3.63) is 29.5 Å². The van der Waals surface area contributed by atoms with E-state index in [0.717, 1.165) is 36.0 Å². The lowest BCUT2D eigenvalue weighted by Gasteiger charge is -2.31. The van der Waals surface area contributed by atoms with Crippen LogP contribution >= 0.6 is 0 Å². The van der Waals surface area contributed by atoms with Crippen molar-refractivity contribution >= 4 is 22.8 Å². The van der Waals surface area contributed by atoms with E-state index in [1.807, 2.05) is 25.1 Å². The van der Waals surface area contributed by atoms with Gasteiger partial charge in [0.15, 0.2) is 0 Å². The molecule has 1 atom stereocenters. The number of amides is 1. The van der Waals surface area contributed by atoms with Gasteiger partial charge in [0.2, 0.25) is 0 Å². The van der Waals surface area contributed by atoms with Crippen LogP contribution in [0.2, 0.25) is 0 Å². The van der Waals surface area contributed by atoms with Crippen LogP contribution < -0.4 is 4.74 Å². The second-order valence-electron chi connectivity index (χ2n) is 6.92. The van der Waals surface area contributed by atoms with E-state index < -0.39 is 11.9 Å². The van der Waals surface area contributed by atoms with Gasteiger partial charge >= 0.3 is 5.97 Å². The molecule has 1 amide bonds. The SMILES string of the molecule is CCCn1c(C)c(C(=O)N2CCCC(C(=O)O)C2)c2cc(OC)ccc21. The quantitative estimate of drug-likeness (QED) is 0.890. The van der Waals surface area contributed by atoms with E-state index in [2.05, 4.69) is 11.5 Å². The van der Waals surface area contributed by atoms with Crippen LogP contribution in [0.5, 0.6) is 5.75 Å². The molecule has 140 valence electrons. The van der Waals surface area contributed by atoms with Crippen LogP contribution in [0.15, 0.2) is 18.2 Å². The fraction of sp³-hybridized carbons (Fsp3) is 0.500. The summed E-state index contributed by atoms with van der Waals surface area (Å²) in [5.74, 6) is -0.676. The highest BCUT2D eigenvalue weighted by Crippen LogP contribution is 2.31. The number of aryl methyl sites for hydroxylation is 1. The lowest BCUT2D eigenvalue weighted by Crippen LogP contribution is -2.42. The number of carboxylic acids is 1. The molecule has 2 aromatic rings. The number of benzene rings is 1. The van der Waals surface area contributed by atoms with Crippen molar-refractivity contribution in [1.29, 1.82) is 0 Å². The summed E-state index contributed by atoms with van der Waals surface area (Å²) in [6, 6.07) is 5.80. The number of likely N-dealkylation sites (tertiary alicyclic amines) is 1. The van der Waals surface area contributed by atoms with Gasteiger partial charge < -0.3 is 19.3 Å². The van der Waals surface area contributed by atoms with Crippen molar-refractivity contribution in [1.82, 2.24) is 9.47 Å². The van der Waals surface area contributed by atoms with Crippen LogP contribution in [0.1, 0.15) is 42.2 Å². The summed E-state index contributed by atoms with van der Waals surface area (Å²) in [6.07, 6.45) is 2.32. The predicted molar refractivity (Wildman–Crippen MR) is 99.8 cm³/mol. The van der Waals surface area contributed by atoms with Gasteiger partial charge in [-0.05, 0) is 44.4 Å². The zero-order valence-electron chi connectivity index (χ0n) is 15.6. The van der Waals surface area contributed by atoms with E-state index in [1.165, 1.54) is 0 Å². The van der Waals surface area contributed by atoms with E-state index in [0.29, 0.717) is 24.3 Å². The highest BCUT2D eigenvalue weighted by atomic mass is 16.5. The lowest BCUT2D eigenvalue weighted by atomic mass is 9.97. The first kappa shape index (κ1) is 18.3. The highest BCUT2D eigenvalue weighted by molar-refractivity contribution is 6.09. The number of ether oxygens (including phenoxy) is 1. The maximum Gasteiger partial charge on any atom is 0.308 e. The molecule has 26 heavy (non-hydrogen) atoms. The highest BCUT2D eigenvalue weighted by Gasteiger charge is 2.31. The number of aromatic nitrogens is 1. The van der Waals surface area contributed by atoms with E-state index in [-0.39, 0.29) is 12.5 Å². The Bertz CT molecular complexity index is 840. The number of aliphatic carboxylic acids is 1. The summed E-state index contributed by atoms with van der Waals surface area (Å²) < 4.78 is 7.52. The largest absolute Gasteiger partial charge is 0.497 e. The fourth-order valence-electron chi connectivity index (χ4n) is 3.89. The summed E-state index contributed by atoms with van der Waals surface area (Å²) in [4.78, 5) is 26.3. The molecule has 0 bridgehead atoms. The summed E-state index contributed by atoms with van der Waals surface area (Å²) in [5, 5.41) is 10.2. The fourth-order valence-corrected chi connectivity index (χ4v) is 3.89. The Morgan fingerprint density at radius 3 is 2.77 bits per heavy atom. The maximum atomic E-state index is 13.3. The van der Waals surface area contributed by atoms with E-state index in [9.17, 15) is 14.7 Å². The monoisotopic (exact) mass is 358 g/mol. The molecule has 0 saturated carbocycles. The molecule has 1 aliphatic rings. The number of carbonyl (C=O) groups excluding carboxylic acids is 1. The molecule has 1 aromatic heterocycles. The third-order valence-electron chi connectivity index (χ3n) is 5.25. The Morgan fingerprint density at radius 2 is 2.12 bits per heavy atom. The standard InChI is InChI=1S/C20H26N2O4/c1-4-9-22-13(2)18(16-11-15(26-3)7-8-17(16)22)19(23)21-10-5-6-14(12-21)20(24)25/h7-8,11,14H,4-6,9-10,12H2,1-3H3,(H,24,25). The summed E-state index contributed by atoms with van der Waals surface area (Å²) in [7, 11) is 1.61. The van der Waals surface area contributed by atoms with Crippen molar-refractivity contribution in [2.45, 2.75) is 39.7 Å². The van der Waals surface area contributed by atoms with Crippen LogP contribution in [0, 0.1) is 12.8 Å². The minimum Gasteiger partial charge on any atom is -0.497 e. The van der Waals surface area contributed by atoms with Crippen molar-refractivity contribution in [3.63, 3.8) is 0 Å². The molecule has 1 unspecified atom stereocenters. The Morgan fingerprint density at radius 1 is 1.35 bits per heavy atom. The van der Waals surface area contributed by atoms with Crippen molar-refractivity contribution in [2.75, 3.05) is 20.2 Å². The topological polar surface area (TPSA) is 71.8 Å². The Kier molecular flexibility index (Phi) is 5.20. The second kappa shape index (κ2) is 7.40. The molecule has 2 heterocycles. The number of nitrogens with zero attached hydrogens (tertiary/aromatic N) is 2. The van der Waals surface area contributed by atoms with Crippen LogP contribution in [0.25, 0.3) is 10.9 Å². The molecule has 0 radical (unpaired) electrons.